The third-order valence-electron chi connectivity index (χ3n) is 3.34. The highest BCUT2D eigenvalue weighted by atomic mass is 35.5. The molecule has 2 aromatic heterocycles. The number of hydrogen-bond acceptors (Lipinski definition) is 6. The molecule has 0 radical (unpaired) electrons. The normalized spacial score (nSPS) is 10.8. The van der Waals surface area contributed by atoms with E-state index in [0.29, 0.717) is 0 Å². The summed E-state index contributed by atoms with van der Waals surface area (Å²) < 4.78 is 19.3. The Morgan fingerprint density at radius 2 is 2.04 bits per heavy atom. The number of carbonyl (C=O) groups is 2. The van der Waals surface area contributed by atoms with E-state index in [9.17, 15) is 14.0 Å². The van der Waals surface area contributed by atoms with Gasteiger partial charge >= 0.3 is 5.97 Å². The third-order valence-corrected chi connectivity index (χ3v) is 3.65. The first-order valence-corrected chi connectivity index (χ1v) is 7.84. The van der Waals surface area contributed by atoms with Gasteiger partial charge in [0.05, 0.1) is 10.7 Å². The average molecular weight is 378 g/mol. The van der Waals surface area contributed by atoms with Crippen LogP contribution in [0, 0.1) is 19.7 Å². The first-order chi connectivity index (χ1) is 12.3. The predicted molar refractivity (Wildman–Crippen MR) is 90.6 cm³/mol. The van der Waals surface area contributed by atoms with Crippen molar-refractivity contribution in [1.82, 2.24) is 19.6 Å². The van der Waals surface area contributed by atoms with Gasteiger partial charge in [-0.05, 0) is 38.1 Å². The Labute approximate surface area is 152 Å². The van der Waals surface area contributed by atoms with Crippen molar-refractivity contribution in [2.75, 3.05) is 11.9 Å². The first kappa shape index (κ1) is 17.7. The highest BCUT2D eigenvalue weighted by Gasteiger charge is 2.18. The molecule has 0 bridgehead atoms. The number of esters is 1. The summed E-state index contributed by atoms with van der Waals surface area (Å²) in [7, 11) is 0. The van der Waals surface area contributed by atoms with Crippen molar-refractivity contribution in [1.29, 1.82) is 0 Å². The summed E-state index contributed by atoms with van der Waals surface area (Å²) in [5, 5.41) is 6.46. The van der Waals surface area contributed by atoms with Crippen LogP contribution in [0.25, 0.3) is 5.78 Å². The Balaban J connectivity index is 1.65. The highest BCUT2D eigenvalue weighted by Crippen LogP contribution is 2.22. The largest absolute Gasteiger partial charge is 0.450 e. The highest BCUT2D eigenvalue weighted by molar-refractivity contribution is 6.33. The number of ether oxygens (including phenoxy) is 1. The molecule has 8 nitrogen and oxygen atoms in total. The number of amides is 1. The molecular formula is C16H13ClFN5O3. The van der Waals surface area contributed by atoms with Crippen LogP contribution in [0.3, 0.4) is 0 Å². The van der Waals surface area contributed by atoms with Gasteiger partial charge in [0.2, 0.25) is 0 Å². The maximum atomic E-state index is 13.0. The number of aryl methyl sites for hydroxylation is 2. The number of hydrogen-bond donors (Lipinski definition) is 1. The fraction of sp³-hybridized carbons (Fsp3) is 0.188. The van der Waals surface area contributed by atoms with Crippen molar-refractivity contribution >= 4 is 34.9 Å². The van der Waals surface area contributed by atoms with E-state index in [1.54, 1.807) is 19.9 Å². The van der Waals surface area contributed by atoms with Crippen LogP contribution in [0.1, 0.15) is 22.0 Å². The molecule has 1 aromatic carbocycles. The molecular weight excluding hydrogens is 365 g/mol. The zero-order valence-electron chi connectivity index (χ0n) is 13.8. The Morgan fingerprint density at radius 1 is 1.27 bits per heavy atom. The number of benzene rings is 1. The molecule has 0 saturated carbocycles. The van der Waals surface area contributed by atoms with Crippen LogP contribution in [0.2, 0.25) is 5.02 Å². The summed E-state index contributed by atoms with van der Waals surface area (Å²) >= 11 is 5.81. The lowest BCUT2D eigenvalue weighted by molar-refractivity contribution is -0.119. The maximum Gasteiger partial charge on any atom is 0.378 e. The summed E-state index contributed by atoms with van der Waals surface area (Å²) in [6.07, 6.45) is 0. The van der Waals surface area contributed by atoms with Crippen molar-refractivity contribution < 1.29 is 18.7 Å². The second kappa shape index (κ2) is 7.04. The van der Waals surface area contributed by atoms with E-state index in [1.807, 2.05) is 0 Å². The van der Waals surface area contributed by atoms with Gasteiger partial charge in [-0.1, -0.05) is 11.6 Å². The summed E-state index contributed by atoms with van der Waals surface area (Å²) in [6.45, 7) is 3.02. The average Bonchev–Trinajstić information content (AvgIpc) is 2.99. The Kier molecular flexibility index (Phi) is 4.81. The minimum atomic E-state index is -0.868. The summed E-state index contributed by atoms with van der Waals surface area (Å²) in [4.78, 5) is 32.0. The molecule has 1 amide bonds. The van der Waals surface area contributed by atoms with E-state index in [-0.39, 0.29) is 22.3 Å². The summed E-state index contributed by atoms with van der Waals surface area (Å²) in [6, 6.07) is 5.29. The van der Waals surface area contributed by atoms with E-state index in [4.69, 9.17) is 16.3 Å². The quantitative estimate of drug-likeness (QED) is 0.701. The second-order valence-electron chi connectivity index (χ2n) is 5.43. The predicted octanol–water partition coefficient (Wildman–Crippen LogP) is 2.33. The minimum absolute atomic E-state index is 0.0311. The molecule has 0 fully saturated rings. The molecule has 0 unspecified atom stereocenters. The summed E-state index contributed by atoms with van der Waals surface area (Å²) in [5.74, 6) is -1.99. The van der Waals surface area contributed by atoms with Gasteiger partial charge in [0.25, 0.3) is 17.5 Å². The lowest BCUT2D eigenvalue weighted by atomic mass is 10.3. The zero-order chi connectivity index (χ0) is 18.8. The number of aromatic nitrogens is 4. The number of rotatable bonds is 4. The molecule has 0 atom stereocenters. The number of carbonyl (C=O) groups excluding carboxylic acids is 2. The SMILES string of the molecule is Cc1cc(C)n2nc(C(=O)OCC(=O)Nc3ccc(F)cc3Cl)nc2n1. The topological polar surface area (TPSA) is 98.5 Å². The number of anilines is 1. The number of halogens is 2. The van der Waals surface area contributed by atoms with Crippen molar-refractivity contribution in [2.45, 2.75) is 13.8 Å². The van der Waals surface area contributed by atoms with Crippen molar-refractivity contribution in [3.05, 3.63) is 52.3 Å². The van der Waals surface area contributed by atoms with Gasteiger partial charge in [-0.15, -0.1) is 5.10 Å². The molecule has 2 heterocycles. The van der Waals surface area contributed by atoms with Crippen LogP contribution in [0.5, 0.6) is 0 Å². The molecule has 0 saturated heterocycles. The van der Waals surface area contributed by atoms with Crippen LogP contribution in [0.15, 0.2) is 24.3 Å². The molecule has 0 spiro atoms. The number of nitrogens with one attached hydrogen (secondary N) is 1. The third kappa shape index (κ3) is 3.77. The molecule has 10 heteroatoms. The number of nitrogens with zero attached hydrogens (tertiary/aromatic N) is 4. The van der Waals surface area contributed by atoms with Crippen molar-refractivity contribution in [3.63, 3.8) is 0 Å². The lowest BCUT2D eigenvalue weighted by Crippen LogP contribution is -2.21. The molecule has 0 aliphatic rings. The Bertz CT molecular complexity index is 1020. The smallest absolute Gasteiger partial charge is 0.378 e. The molecule has 26 heavy (non-hydrogen) atoms. The first-order valence-electron chi connectivity index (χ1n) is 7.46. The fourth-order valence-corrected chi connectivity index (χ4v) is 2.44. The fourth-order valence-electron chi connectivity index (χ4n) is 2.23. The molecule has 3 aromatic rings. The monoisotopic (exact) mass is 377 g/mol. The molecule has 1 N–H and O–H groups in total. The van der Waals surface area contributed by atoms with Crippen molar-refractivity contribution in [3.8, 4) is 0 Å². The van der Waals surface area contributed by atoms with Gasteiger partial charge in [0.15, 0.2) is 6.61 Å². The molecule has 134 valence electrons. The molecule has 0 aliphatic heterocycles. The second-order valence-corrected chi connectivity index (χ2v) is 5.84. The zero-order valence-corrected chi connectivity index (χ0v) is 14.5. The lowest BCUT2D eigenvalue weighted by Gasteiger charge is -2.07. The van der Waals surface area contributed by atoms with E-state index < -0.39 is 24.3 Å². The van der Waals surface area contributed by atoms with Gasteiger partial charge < -0.3 is 10.1 Å². The van der Waals surface area contributed by atoms with Crippen LogP contribution >= 0.6 is 11.6 Å². The van der Waals surface area contributed by atoms with E-state index >= 15 is 0 Å². The molecule has 3 rings (SSSR count). The van der Waals surface area contributed by atoms with Crippen molar-refractivity contribution in [2.24, 2.45) is 0 Å². The van der Waals surface area contributed by atoms with Gasteiger partial charge in [-0.3, -0.25) is 4.79 Å². The Morgan fingerprint density at radius 3 is 2.77 bits per heavy atom. The molecule has 0 aliphatic carbocycles. The maximum absolute atomic E-state index is 13.0. The van der Waals surface area contributed by atoms with E-state index in [1.165, 1.54) is 10.6 Å². The van der Waals surface area contributed by atoms with E-state index in [0.717, 1.165) is 23.5 Å². The van der Waals surface area contributed by atoms with Crippen LogP contribution in [-0.4, -0.2) is 38.1 Å². The van der Waals surface area contributed by atoms with Gasteiger partial charge in [-0.2, -0.15) is 4.98 Å². The van der Waals surface area contributed by atoms with Crippen LogP contribution in [0.4, 0.5) is 10.1 Å². The summed E-state index contributed by atoms with van der Waals surface area (Å²) in [5.41, 5.74) is 1.69. The van der Waals surface area contributed by atoms with Crippen LogP contribution in [-0.2, 0) is 9.53 Å². The standard InChI is InChI=1S/C16H13ClFN5O3/c1-8-5-9(2)23-16(19-8)21-14(22-23)15(25)26-7-13(24)20-12-4-3-10(18)6-11(12)17/h3-6H,7H2,1-2H3,(H,20,24). The Hall–Kier alpha value is -3.07. The van der Waals surface area contributed by atoms with Gasteiger partial charge in [0.1, 0.15) is 5.82 Å². The van der Waals surface area contributed by atoms with Gasteiger partial charge in [0, 0.05) is 11.4 Å². The van der Waals surface area contributed by atoms with E-state index in [2.05, 4.69) is 20.4 Å². The van der Waals surface area contributed by atoms with Gasteiger partial charge in [-0.25, -0.2) is 18.7 Å². The number of fused-ring (bicyclic) bond motifs is 1. The minimum Gasteiger partial charge on any atom is -0.450 e. The van der Waals surface area contributed by atoms with Crippen LogP contribution < -0.4 is 5.32 Å².